The summed E-state index contributed by atoms with van der Waals surface area (Å²) in [4.78, 5) is 0. The molecule has 1 unspecified atom stereocenters. The first-order chi connectivity index (χ1) is 5.74. The van der Waals surface area contributed by atoms with E-state index in [1.54, 1.807) is 0 Å². The largest absolute Gasteiger partial charge is 0.216 e. The van der Waals surface area contributed by atoms with E-state index in [9.17, 15) is 5.21 Å². The van der Waals surface area contributed by atoms with Crippen LogP contribution in [0.5, 0.6) is 0 Å². The summed E-state index contributed by atoms with van der Waals surface area (Å²) in [7, 11) is 0. The molecule has 0 amide bonds. The van der Waals surface area contributed by atoms with Gasteiger partial charge in [0.05, 0.1) is 0 Å². The van der Waals surface area contributed by atoms with Gasteiger partial charge in [-0.15, -0.1) is 0 Å². The van der Waals surface area contributed by atoms with Crippen molar-refractivity contribution in [1.82, 2.24) is 0 Å². The molecule has 0 aromatic heterocycles. The van der Waals surface area contributed by atoms with Crippen LogP contribution in [0.25, 0.3) is 0 Å². The lowest BCUT2D eigenvalue weighted by molar-refractivity contribution is -1.15. The third-order valence-electron chi connectivity index (χ3n) is 3.27. The fraction of sp³-hybridized carbons (Fsp3) is 1.00. The van der Waals surface area contributed by atoms with Crippen LogP contribution in [0.2, 0.25) is 0 Å². The van der Waals surface area contributed by atoms with Gasteiger partial charge in [-0.3, -0.25) is 0 Å². The summed E-state index contributed by atoms with van der Waals surface area (Å²) in [6.45, 7) is 14.8. The van der Waals surface area contributed by atoms with E-state index in [-0.39, 0.29) is 16.7 Å². The SMILES string of the molecule is CC(C)C(C)[N+](O)(C(C)C)C(C)C. The maximum absolute atomic E-state index is 10.5. The van der Waals surface area contributed by atoms with Crippen LogP contribution in [0.4, 0.5) is 0 Å². The quantitative estimate of drug-likeness (QED) is 0.531. The summed E-state index contributed by atoms with van der Waals surface area (Å²) in [5.41, 5.74) is 0. The molecule has 0 aliphatic carbocycles. The highest BCUT2D eigenvalue weighted by Crippen LogP contribution is 2.25. The number of rotatable bonds is 4. The van der Waals surface area contributed by atoms with E-state index in [1.165, 1.54) is 0 Å². The fourth-order valence-corrected chi connectivity index (χ4v) is 2.01. The summed E-state index contributed by atoms with van der Waals surface area (Å²) in [5.74, 6) is 0.509. The first-order valence-corrected chi connectivity index (χ1v) is 5.35. The second kappa shape index (κ2) is 4.43. The Morgan fingerprint density at radius 2 is 1.08 bits per heavy atom. The number of hydrogen-bond acceptors (Lipinski definition) is 1. The number of nitrogens with zero attached hydrogens (tertiary/aromatic N) is 1. The van der Waals surface area contributed by atoms with Crippen LogP contribution in [-0.4, -0.2) is 28.0 Å². The average Bonchev–Trinajstić information content (AvgIpc) is 2.00. The molecule has 0 rings (SSSR count). The molecule has 1 atom stereocenters. The van der Waals surface area contributed by atoms with Crippen molar-refractivity contribution in [3.63, 3.8) is 0 Å². The molecule has 2 nitrogen and oxygen atoms in total. The third kappa shape index (κ3) is 2.44. The molecule has 0 radical (unpaired) electrons. The minimum absolute atomic E-state index is 0.178. The van der Waals surface area contributed by atoms with E-state index in [0.29, 0.717) is 12.0 Å². The van der Waals surface area contributed by atoms with E-state index in [1.807, 2.05) is 0 Å². The number of hydroxylamine groups is 3. The van der Waals surface area contributed by atoms with Crippen LogP contribution in [0.15, 0.2) is 0 Å². The van der Waals surface area contributed by atoms with Gasteiger partial charge in [-0.2, -0.15) is 4.65 Å². The Kier molecular flexibility index (Phi) is 4.40. The Morgan fingerprint density at radius 1 is 0.769 bits per heavy atom. The van der Waals surface area contributed by atoms with Gasteiger partial charge in [0.1, 0.15) is 18.1 Å². The van der Waals surface area contributed by atoms with Crippen LogP contribution in [0.3, 0.4) is 0 Å². The molecule has 0 fully saturated rings. The fourth-order valence-electron chi connectivity index (χ4n) is 2.01. The Hall–Kier alpha value is -0.0800. The molecule has 1 N–H and O–H groups in total. The zero-order chi connectivity index (χ0) is 10.8. The van der Waals surface area contributed by atoms with Crippen LogP contribution in [0.1, 0.15) is 48.5 Å². The molecular formula is C11H26NO+. The van der Waals surface area contributed by atoms with Gasteiger partial charge >= 0.3 is 0 Å². The van der Waals surface area contributed by atoms with Gasteiger partial charge in [0.25, 0.3) is 0 Å². The number of quaternary nitrogens is 1. The smallest absolute Gasteiger partial charge is 0.119 e. The molecule has 0 aromatic carbocycles. The predicted molar refractivity (Wildman–Crippen MR) is 56.6 cm³/mol. The number of hydrogen-bond donors (Lipinski definition) is 1. The van der Waals surface area contributed by atoms with Crippen LogP contribution < -0.4 is 0 Å². The maximum Gasteiger partial charge on any atom is 0.119 e. The Balaban J connectivity index is 4.79. The second-order valence-corrected chi connectivity index (χ2v) is 4.97. The van der Waals surface area contributed by atoms with E-state index < -0.39 is 0 Å². The summed E-state index contributed by atoms with van der Waals surface area (Å²) in [6.07, 6.45) is 0. The predicted octanol–water partition coefficient (Wildman–Crippen LogP) is 3.05. The highest BCUT2D eigenvalue weighted by atomic mass is 16.6. The van der Waals surface area contributed by atoms with E-state index in [2.05, 4.69) is 48.5 Å². The molecule has 0 aliphatic rings. The molecule has 0 bridgehead atoms. The molecule has 0 aromatic rings. The summed E-state index contributed by atoms with van der Waals surface area (Å²) >= 11 is 0. The third-order valence-corrected chi connectivity index (χ3v) is 3.27. The Labute approximate surface area is 83.1 Å². The van der Waals surface area contributed by atoms with E-state index in [4.69, 9.17) is 0 Å². The minimum Gasteiger partial charge on any atom is -0.216 e. The Morgan fingerprint density at radius 3 is 1.15 bits per heavy atom. The van der Waals surface area contributed by atoms with Gasteiger partial charge in [0.2, 0.25) is 0 Å². The molecule has 2 heteroatoms. The summed E-state index contributed by atoms with van der Waals surface area (Å²) in [5, 5.41) is 10.5. The molecule has 0 heterocycles. The van der Waals surface area contributed by atoms with Gasteiger partial charge in [-0.25, -0.2) is 5.21 Å². The monoisotopic (exact) mass is 188 g/mol. The molecule has 0 spiro atoms. The van der Waals surface area contributed by atoms with Crippen LogP contribution in [0, 0.1) is 5.92 Å². The van der Waals surface area contributed by atoms with Crippen molar-refractivity contribution in [3.05, 3.63) is 0 Å². The summed E-state index contributed by atoms with van der Waals surface area (Å²) in [6, 6.07) is 0.815. The normalized spacial score (nSPS) is 15.9. The van der Waals surface area contributed by atoms with Crippen LogP contribution >= 0.6 is 0 Å². The second-order valence-electron chi connectivity index (χ2n) is 4.97. The minimum atomic E-state index is 0.178. The van der Waals surface area contributed by atoms with Crippen molar-refractivity contribution in [2.75, 3.05) is 0 Å². The lowest BCUT2D eigenvalue weighted by Crippen LogP contribution is -2.61. The van der Waals surface area contributed by atoms with Gasteiger partial charge < -0.3 is 0 Å². The lowest BCUT2D eigenvalue weighted by atomic mass is 10.0. The zero-order valence-corrected chi connectivity index (χ0v) is 10.2. The highest BCUT2D eigenvalue weighted by molar-refractivity contribution is 4.60. The van der Waals surface area contributed by atoms with Gasteiger partial charge in [0, 0.05) is 5.92 Å². The first-order valence-electron chi connectivity index (χ1n) is 5.35. The summed E-state index contributed by atoms with van der Waals surface area (Å²) < 4.78 is 0.178. The topological polar surface area (TPSA) is 20.2 Å². The maximum atomic E-state index is 10.5. The Bertz CT molecular complexity index is 144. The van der Waals surface area contributed by atoms with Crippen molar-refractivity contribution in [3.8, 4) is 0 Å². The van der Waals surface area contributed by atoms with Crippen LogP contribution in [-0.2, 0) is 0 Å². The van der Waals surface area contributed by atoms with E-state index >= 15 is 0 Å². The van der Waals surface area contributed by atoms with Crippen molar-refractivity contribution >= 4 is 0 Å². The highest BCUT2D eigenvalue weighted by Gasteiger charge is 2.40. The van der Waals surface area contributed by atoms with Gasteiger partial charge in [-0.1, -0.05) is 13.8 Å². The van der Waals surface area contributed by atoms with E-state index in [0.717, 1.165) is 0 Å². The standard InChI is InChI=1S/C11H26NO/c1-8(2)11(7)12(13,9(3)4)10(5)6/h8-11,13H,1-7H3/q+1. The van der Waals surface area contributed by atoms with Crippen molar-refractivity contribution in [2.24, 2.45) is 5.92 Å². The van der Waals surface area contributed by atoms with Crippen molar-refractivity contribution in [1.29, 1.82) is 0 Å². The molecule has 0 saturated carbocycles. The van der Waals surface area contributed by atoms with Crippen molar-refractivity contribution in [2.45, 2.75) is 66.6 Å². The average molecular weight is 188 g/mol. The van der Waals surface area contributed by atoms with Crippen molar-refractivity contribution < 1.29 is 9.85 Å². The lowest BCUT2D eigenvalue weighted by Gasteiger charge is -2.44. The zero-order valence-electron chi connectivity index (χ0n) is 10.2. The molecule has 0 aliphatic heterocycles. The van der Waals surface area contributed by atoms with Gasteiger partial charge in [0.15, 0.2) is 0 Å². The first kappa shape index (κ1) is 12.9. The molecule has 0 saturated heterocycles. The molecular weight excluding hydrogens is 162 g/mol. The molecule has 13 heavy (non-hydrogen) atoms. The molecule has 80 valence electrons. The van der Waals surface area contributed by atoms with Gasteiger partial charge in [-0.05, 0) is 34.6 Å².